The number of benzene rings is 2. The summed E-state index contributed by atoms with van der Waals surface area (Å²) in [6.45, 7) is -2.89. The number of aromatic nitrogens is 2. The molecule has 0 saturated heterocycles. The van der Waals surface area contributed by atoms with Crippen LogP contribution in [0.1, 0.15) is 10.5 Å². The van der Waals surface area contributed by atoms with Gasteiger partial charge in [0.05, 0.1) is 21.4 Å². The van der Waals surface area contributed by atoms with Gasteiger partial charge >= 0.3 is 6.61 Å². The van der Waals surface area contributed by atoms with E-state index in [1.807, 2.05) is 0 Å². The standard InChI is InChI=1S/C17H11Cl2F2N3O2/c18-11-2-1-3-12(19)15(11)22-16(25)14-8-13(23-24-14)9-4-6-10(7-5-9)26-17(20)21/h1-8,17H,(H,22,25)(H,23,24). The van der Waals surface area contributed by atoms with Gasteiger partial charge in [-0.2, -0.15) is 13.9 Å². The van der Waals surface area contributed by atoms with Crippen molar-refractivity contribution in [3.8, 4) is 17.0 Å². The van der Waals surface area contributed by atoms with Crippen LogP contribution >= 0.6 is 23.2 Å². The number of rotatable bonds is 5. The predicted octanol–water partition coefficient (Wildman–Crippen LogP) is 5.24. The van der Waals surface area contributed by atoms with Crippen LogP contribution in [0.25, 0.3) is 11.3 Å². The fourth-order valence-electron chi connectivity index (χ4n) is 2.19. The summed E-state index contributed by atoms with van der Waals surface area (Å²) >= 11 is 12.0. The molecule has 1 amide bonds. The summed E-state index contributed by atoms with van der Waals surface area (Å²) < 4.78 is 28.6. The van der Waals surface area contributed by atoms with E-state index in [9.17, 15) is 13.6 Å². The van der Waals surface area contributed by atoms with Gasteiger partial charge in [0, 0.05) is 5.56 Å². The monoisotopic (exact) mass is 397 g/mol. The molecule has 1 aromatic heterocycles. The third-order valence-electron chi connectivity index (χ3n) is 3.40. The van der Waals surface area contributed by atoms with Gasteiger partial charge in [0.1, 0.15) is 11.4 Å². The number of aromatic amines is 1. The highest BCUT2D eigenvalue weighted by Gasteiger charge is 2.15. The molecule has 1 heterocycles. The van der Waals surface area contributed by atoms with E-state index in [1.54, 1.807) is 30.3 Å². The molecule has 0 fully saturated rings. The highest BCUT2D eigenvalue weighted by atomic mass is 35.5. The zero-order valence-electron chi connectivity index (χ0n) is 13.0. The molecule has 0 aliphatic carbocycles. The molecule has 2 aromatic carbocycles. The Morgan fingerprint density at radius 3 is 2.38 bits per heavy atom. The molecule has 0 saturated carbocycles. The van der Waals surface area contributed by atoms with Gasteiger partial charge in [0.2, 0.25) is 0 Å². The number of amides is 1. The molecule has 0 unspecified atom stereocenters. The maximum Gasteiger partial charge on any atom is 0.387 e. The van der Waals surface area contributed by atoms with Gasteiger partial charge in [-0.3, -0.25) is 9.89 Å². The highest BCUT2D eigenvalue weighted by Crippen LogP contribution is 2.30. The van der Waals surface area contributed by atoms with Gasteiger partial charge < -0.3 is 10.1 Å². The normalized spacial score (nSPS) is 10.8. The molecule has 0 radical (unpaired) electrons. The van der Waals surface area contributed by atoms with Crippen LogP contribution in [-0.4, -0.2) is 22.7 Å². The van der Waals surface area contributed by atoms with Crippen LogP contribution in [0.15, 0.2) is 48.5 Å². The van der Waals surface area contributed by atoms with Crippen molar-refractivity contribution in [2.75, 3.05) is 5.32 Å². The summed E-state index contributed by atoms with van der Waals surface area (Å²) in [4.78, 5) is 12.3. The molecule has 3 aromatic rings. The molecule has 0 bridgehead atoms. The summed E-state index contributed by atoms with van der Waals surface area (Å²) in [6.07, 6.45) is 0. The Morgan fingerprint density at radius 2 is 1.77 bits per heavy atom. The number of halogens is 4. The van der Waals surface area contributed by atoms with E-state index in [4.69, 9.17) is 23.2 Å². The first kappa shape index (κ1) is 18.2. The van der Waals surface area contributed by atoms with Crippen LogP contribution in [0.4, 0.5) is 14.5 Å². The van der Waals surface area contributed by atoms with E-state index < -0.39 is 12.5 Å². The van der Waals surface area contributed by atoms with Crippen LogP contribution in [0.2, 0.25) is 10.0 Å². The van der Waals surface area contributed by atoms with Crippen LogP contribution in [-0.2, 0) is 0 Å². The topological polar surface area (TPSA) is 67.0 Å². The first-order valence-corrected chi connectivity index (χ1v) is 8.05. The molecule has 0 atom stereocenters. The number of hydrogen-bond acceptors (Lipinski definition) is 3. The zero-order chi connectivity index (χ0) is 18.7. The van der Waals surface area contributed by atoms with Gasteiger partial charge in [-0.25, -0.2) is 0 Å². The van der Waals surface area contributed by atoms with Gasteiger partial charge in [-0.1, -0.05) is 29.3 Å². The Kier molecular flexibility index (Phi) is 5.39. The van der Waals surface area contributed by atoms with Crippen LogP contribution in [0.3, 0.4) is 0 Å². The fourth-order valence-corrected chi connectivity index (χ4v) is 2.68. The third kappa shape index (κ3) is 4.12. The number of para-hydroxylation sites is 1. The lowest BCUT2D eigenvalue weighted by atomic mass is 10.1. The number of alkyl halides is 2. The van der Waals surface area contributed by atoms with Gasteiger partial charge in [-0.15, -0.1) is 0 Å². The van der Waals surface area contributed by atoms with Gasteiger partial charge in [-0.05, 0) is 42.5 Å². The summed E-state index contributed by atoms with van der Waals surface area (Å²) in [6, 6.07) is 12.3. The van der Waals surface area contributed by atoms with Gasteiger partial charge in [0.15, 0.2) is 0 Å². The van der Waals surface area contributed by atoms with Crippen molar-refractivity contribution >= 4 is 34.8 Å². The van der Waals surface area contributed by atoms with Crippen molar-refractivity contribution in [1.29, 1.82) is 0 Å². The summed E-state index contributed by atoms with van der Waals surface area (Å²) in [5, 5.41) is 9.88. The number of ether oxygens (including phenoxy) is 1. The summed E-state index contributed by atoms with van der Waals surface area (Å²) in [5.41, 5.74) is 1.57. The van der Waals surface area contributed by atoms with Crippen LogP contribution in [0.5, 0.6) is 5.75 Å². The number of anilines is 1. The Balaban J connectivity index is 1.76. The van der Waals surface area contributed by atoms with E-state index in [1.165, 1.54) is 18.2 Å². The molecular weight excluding hydrogens is 387 g/mol. The molecule has 26 heavy (non-hydrogen) atoms. The Morgan fingerprint density at radius 1 is 1.12 bits per heavy atom. The number of H-pyrrole nitrogens is 1. The van der Waals surface area contributed by atoms with Crippen molar-refractivity contribution in [3.63, 3.8) is 0 Å². The largest absolute Gasteiger partial charge is 0.435 e. The lowest BCUT2D eigenvalue weighted by Gasteiger charge is -2.07. The SMILES string of the molecule is O=C(Nc1c(Cl)cccc1Cl)c1cc(-c2ccc(OC(F)F)cc2)n[nH]1. The van der Waals surface area contributed by atoms with Crippen molar-refractivity contribution in [1.82, 2.24) is 10.2 Å². The minimum Gasteiger partial charge on any atom is -0.435 e. The minimum atomic E-state index is -2.89. The number of nitrogens with zero attached hydrogens (tertiary/aromatic N) is 1. The fraction of sp³-hybridized carbons (Fsp3) is 0.0588. The number of carbonyl (C=O) groups is 1. The lowest BCUT2D eigenvalue weighted by molar-refractivity contribution is -0.0498. The lowest BCUT2D eigenvalue weighted by Crippen LogP contribution is -2.13. The molecule has 3 rings (SSSR count). The van der Waals surface area contributed by atoms with Crippen molar-refractivity contribution < 1.29 is 18.3 Å². The Labute approximate surface area is 156 Å². The van der Waals surface area contributed by atoms with E-state index in [0.717, 1.165) is 0 Å². The zero-order valence-corrected chi connectivity index (χ0v) is 14.5. The van der Waals surface area contributed by atoms with Crippen LogP contribution in [0, 0.1) is 0 Å². The first-order valence-electron chi connectivity index (χ1n) is 7.30. The van der Waals surface area contributed by atoms with E-state index in [2.05, 4.69) is 20.3 Å². The van der Waals surface area contributed by atoms with E-state index >= 15 is 0 Å². The quantitative estimate of drug-likeness (QED) is 0.618. The third-order valence-corrected chi connectivity index (χ3v) is 4.03. The second kappa shape index (κ2) is 7.72. The average Bonchev–Trinajstić information content (AvgIpc) is 3.08. The smallest absolute Gasteiger partial charge is 0.387 e. The molecule has 5 nitrogen and oxygen atoms in total. The number of nitrogens with one attached hydrogen (secondary N) is 2. The van der Waals surface area contributed by atoms with Gasteiger partial charge in [0.25, 0.3) is 5.91 Å². The summed E-state index contributed by atoms with van der Waals surface area (Å²) in [7, 11) is 0. The highest BCUT2D eigenvalue weighted by molar-refractivity contribution is 6.40. The number of hydrogen-bond donors (Lipinski definition) is 2. The average molecular weight is 398 g/mol. The van der Waals surface area contributed by atoms with E-state index in [0.29, 0.717) is 27.0 Å². The Hall–Kier alpha value is -2.64. The second-order valence-corrected chi connectivity index (χ2v) is 5.93. The van der Waals surface area contributed by atoms with Crippen molar-refractivity contribution in [2.45, 2.75) is 6.61 Å². The van der Waals surface area contributed by atoms with Crippen molar-refractivity contribution in [2.24, 2.45) is 0 Å². The maximum atomic E-state index is 12.3. The molecule has 0 aliphatic heterocycles. The molecule has 2 N–H and O–H groups in total. The molecule has 0 aliphatic rings. The summed E-state index contributed by atoms with van der Waals surface area (Å²) in [5.74, 6) is -0.443. The molecule has 9 heteroatoms. The van der Waals surface area contributed by atoms with Crippen molar-refractivity contribution in [3.05, 3.63) is 64.3 Å². The molecule has 134 valence electrons. The second-order valence-electron chi connectivity index (χ2n) is 5.12. The minimum absolute atomic E-state index is 0.0330. The predicted molar refractivity (Wildman–Crippen MR) is 95.1 cm³/mol. The van der Waals surface area contributed by atoms with E-state index in [-0.39, 0.29) is 11.4 Å². The maximum absolute atomic E-state index is 12.3. The molecular formula is C17H11Cl2F2N3O2. The molecule has 0 spiro atoms. The Bertz CT molecular complexity index is 910. The number of carbonyl (C=O) groups excluding carboxylic acids is 1. The van der Waals surface area contributed by atoms with Crippen LogP contribution < -0.4 is 10.1 Å². The first-order chi connectivity index (χ1) is 12.4.